The molecule has 0 fully saturated rings. The molecule has 2 amide bonds. The van der Waals surface area contributed by atoms with Crippen LogP contribution < -0.4 is 10.6 Å². The molecule has 1 aromatic heterocycles. The third kappa shape index (κ3) is 5.76. The van der Waals surface area contributed by atoms with Crippen molar-refractivity contribution in [2.45, 2.75) is 38.4 Å². The van der Waals surface area contributed by atoms with Gasteiger partial charge in [-0.2, -0.15) is 0 Å². The predicted molar refractivity (Wildman–Crippen MR) is 128 cm³/mol. The van der Waals surface area contributed by atoms with Gasteiger partial charge in [0.15, 0.2) is 11.0 Å². The van der Waals surface area contributed by atoms with Gasteiger partial charge in [-0.1, -0.05) is 68.9 Å². The largest absolute Gasteiger partial charge is 0.342 e. The van der Waals surface area contributed by atoms with E-state index in [1.165, 1.54) is 11.8 Å². The smallest absolute Gasteiger partial charge is 0.251 e. The molecule has 0 unspecified atom stereocenters. The van der Waals surface area contributed by atoms with Gasteiger partial charge in [-0.15, -0.1) is 10.2 Å². The summed E-state index contributed by atoms with van der Waals surface area (Å²) in [6.45, 7) is 6.11. The van der Waals surface area contributed by atoms with Crippen molar-refractivity contribution < 1.29 is 9.59 Å². The molecule has 168 valence electrons. The van der Waals surface area contributed by atoms with Gasteiger partial charge in [0.25, 0.3) is 5.91 Å². The van der Waals surface area contributed by atoms with Crippen LogP contribution in [-0.4, -0.2) is 32.3 Å². The Labute approximate surface area is 193 Å². The molecule has 0 saturated heterocycles. The summed E-state index contributed by atoms with van der Waals surface area (Å²) >= 11 is 1.32. The molecule has 0 bridgehead atoms. The highest BCUT2D eigenvalue weighted by Crippen LogP contribution is 2.25. The second-order valence-electron chi connectivity index (χ2n) is 7.81. The number of benzene rings is 2. The van der Waals surface area contributed by atoms with Crippen LogP contribution in [0.3, 0.4) is 0 Å². The summed E-state index contributed by atoms with van der Waals surface area (Å²) in [5, 5.41) is 15.2. The molecule has 1 atom stereocenters. The minimum absolute atomic E-state index is 0.0989. The van der Waals surface area contributed by atoms with Crippen molar-refractivity contribution in [3.8, 4) is 0 Å². The van der Waals surface area contributed by atoms with Crippen LogP contribution in [0.1, 0.15) is 48.6 Å². The molecule has 0 saturated carbocycles. The third-order valence-corrected chi connectivity index (χ3v) is 6.16. The van der Waals surface area contributed by atoms with Crippen molar-refractivity contribution in [1.29, 1.82) is 0 Å². The molecule has 7 nitrogen and oxygen atoms in total. The SMILES string of the molecule is CCc1ccccc1NC(=O)CSc1nnc([C@@H](NC(=O)c2ccccc2)C(C)C)n1C. The van der Waals surface area contributed by atoms with Gasteiger partial charge in [0.2, 0.25) is 5.91 Å². The number of rotatable bonds is 9. The molecule has 0 aliphatic carbocycles. The summed E-state index contributed by atoms with van der Waals surface area (Å²) in [7, 11) is 1.85. The molecule has 1 heterocycles. The summed E-state index contributed by atoms with van der Waals surface area (Å²) in [4.78, 5) is 25.1. The lowest BCUT2D eigenvalue weighted by atomic mass is 10.0. The van der Waals surface area contributed by atoms with Crippen molar-refractivity contribution in [2.24, 2.45) is 13.0 Å². The monoisotopic (exact) mass is 451 g/mol. The van der Waals surface area contributed by atoms with Gasteiger partial charge in [0.1, 0.15) is 0 Å². The van der Waals surface area contributed by atoms with Gasteiger partial charge in [-0.3, -0.25) is 9.59 Å². The van der Waals surface area contributed by atoms with E-state index >= 15 is 0 Å². The van der Waals surface area contributed by atoms with E-state index in [1.807, 2.05) is 67.9 Å². The Balaban J connectivity index is 1.66. The number of hydrogen-bond acceptors (Lipinski definition) is 5. The average molecular weight is 452 g/mol. The lowest BCUT2D eigenvalue weighted by Crippen LogP contribution is -2.33. The average Bonchev–Trinajstić information content (AvgIpc) is 3.16. The Morgan fingerprint density at radius 1 is 1.03 bits per heavy atom. The van der Waals surface area contributed by atoms with Crippen LogP contribution in [-0.2, 0) is 18.3 Å². The number of hydrogen-bond donors (Lipinski definition) is 2. The summed E-state index contributed by atoms with van der Waals surface area (Å²) in [5.41, 5.74) is 2.53. The molecule has 0 spiro atoms. The number of nitrogens with one attached hydrogen (secondary N) is 2. The number of aryl methyl sites for hydroxylation is 1. The molecular weight excluding hydrogens is 422 g/mol. The van der Waals surface area contributed by atoms with Crippen LogP contribution in [0.4, 0.5) is 5.69 Å². The van der Waals surface area contributed by atoms with Crippen LogP contribution >= 0.6 is 11.8 Å². The molecule has 3 rings (SSSR count). The number of aromatic nitrogens is 3. The number of carbonyl (C=O) groups excluding carboxylic acids is 2. The Morgan fingerprint density at radius 2 is 1.72 bits per heavy atom. The number of thioether (sulfide) groups is 1. The van der Waals surface area contributed by atoms with Gasteiger partial charge >= 0.3 is 0 Å². The van der Waals surface area contributed by atoms with Crippen molar-refractivity contribution >= 4 is 29.3 Å². The Morgan fingerprint density at radius 3 is 2.41 bits per heavy atom. The fraction of sp³-hybridized carbons (Fsp3) is 0.333. The minimum atomic E-state index is -0.306. The quantitative estimate of drug-likeness (QED) is 0.475. The van der Waals surface area contributed by atoms with E-state index in [2.05, 4.69) is 27.8 Å². The van der Waals surface area contributed by atoms with Crippen molar-refractivity contribution in [1.82, 2.24) is 20.1 Å². The Hall–Kier alpha value is -3.13. The number of anilines is 1. The summed E-state index contributed by atoms with van der Waals surface area (Å²) in [6, 6.07) is 16.6. The Kier molecular flexibility index (Phi) is 8.05. The molecule has 2 N–H and O–H groups in total. The summed E-state index contributed by atoms with van der Waals surface area (Å²) in [5.74, 6) is 0.724. The molecule has 8 heteroatoms. The van der Waals surface area contributed by atoms with Crippen LogP contribution in [0.25, 0.3) is 0 Å². The third-order valence-electron chi connectivity index (χ3n) is 5.14. The highest BCUT2D eigenvalue weighted by molar-refractivity contribution is 7.99. The van der Waals surface area contributed by atoms with Gasteiger partial charge in [-0.05, 0) is 36.1 Å². The second kappa shape index (κ2) is 10.9. The number of carbonyl (C=O) groups is 2. The second-order valence-corrected chi connectivity index (χ2v) is 8.75. The number of para-hydroxylation sites is 1. The fourth-order valence-electron chi connectivity index (χ4n) is 3.33. The maximum Gasteiger partial charge on any atom is 0.251 e. The van der Waals surface area contributed by atoms with Crippen LogP contribution in [0.15, 0.2) is 59.8 Å². The molecule has 0 radical (unpaired) electrons. The van der Waals surface area contributed by atoms with E-state index in [-0.39, 0.29) is 29.5 Å². The maximum absolute atomic E-state index is 12.7. The zero-order valence-corrected chi connectivity index (χ0v) is 19.6. The molecule has 2 aromatic carbocycles. The highest BCUT2D eigenvalue weighted by Gasteiger charge is 2.25. The van der Waals surface area contributed by atoms with Crippen molar-refractivity contribution in [2.75, 3.05) is 11.1 Å². The number of amides is 2. The first-order chi connectivity index (χ1) is 15.4. The van der Waals surface area contributed by atoms with E-state index in [4.69, 9.17) is 0 Å². The van der Waals surface area contributed by atoms with E-state index in [0.717, 1.165) is 17.7 Å². The van der Waals surface area contributed by atoms with E-state index in [9.17, 15) is 9.59 Å². The van der Waals surface area contributed by atoms with Gasteiger partial charge < -0.3 is 15.2 Å². The first-order valence-electron chi connectivity index (χ1n) is 10.7. The zero-order chi connectivity index (χ0) is 23.1. The predicted octanol–water partition coefficient (Wildman–Crippen LogP) is 4.24. The molecule has 0 aliphatic rings. The van der Waals surface area contributed by atoms with Crippen LogP contribution in [0.2, 0.25) is 0 Å². The zero-order valence-electron chi connectivity index (χ0n) is 18.8. The van der Waals surface area contributed by atoms with Crippen LogP contribution in [0.5, 0.6) is 0 Å². The first-order valence-corrected chi connectivity index (χ1v) is 11.6. The number of nitrogens with zero attached hydrogens (tertiary/aromatic N) is 3. The van der Waals surface area contributed by atoms with Gasteiger partial charge in [0, 0.05) is 18.3 Å². The Bertz CT molecular complexity index is 1070. The van der Waals surface area contributed by atoms with E-state index < -0.39 is 0 Å². The highest BCUT2D eigenvalue weighted by atomic mass is 32.2. The molecule has 0 aliphatic heterocycles. The van der Waals surface area contributed by atoms with Crippen molar-refractivity contribution in [3.63, 3.8) is 0 Å². The first kappa shape index (κ1) is 23.5. The van der Waals surface area contributed by atoms with Gasteiger partial charge in [0.05, 0.1) is 11.8 Å². The summed E-state index contributed by atoms with van der Waals surface area (Å²) < 4.78 is 1.84. The topological polar surface area (TPSA) is 88.9 Å². The maximum atomic E-state index is 12.7. The van der Waals surface area contributed by atoms with Gasteiger partial charge in [-0.25, -0.2) is 0 Å². The molecule has 32 heavy (non-hydrogen) atoms. The lowest BCUT2D eigenvalue weighted by molar-refractivity contribution is -0.113. The van der Waals surface area contributed by atoms with E-state index in [1.54, 1.807) is 12.1 Å². The summed E-state index contributed by atoms with van der Waals surface area (Å²) in [6.07, 6.45) is 0.849. The van der Waals surface area contributed by atoms with E-state index in [0.29, 0.717) is 16.5 Å². The van der Waals surface area contributed by atoms with Crippen LogP contribution in [0, 0.1) is 5.92 Å². The molecule has 3 aromatic rings. The normalized spacial score (nSPS) is 11.9. The van der Waals surface area contributed by atoms with Crippen molar-refractivity contribution in [3.05, 3.63) is 71.5 Å². The fourth-order valence-corrected chi connectivity index (χ4v) is 4.05. The minimum Gasteiger partial charge on any atom is -0.342 e. The standard InChI is InChI=1S/C24H29N5O2S/c1-5-17-11-9-10-14-19(17)25-20(30)15-32-24-28-27-22(29(24)4)21(16(2)3)26-23(31)18-12-7-6-8-13-18/h6-14,16,21H,5,15H2,1-4H3,(H,25,30)(H,26,31)/t21-/m0/s1. The molecular formula is C24H29N5O2S. The lowest BCUT2D eigenvalue weighted by Gasteiger charge is -2.21.